The number of nitrogens with one attached hydrogen (secondary N) is 1. The largest absolute Gasteiger partial charge is 0.354 e. The molecule has 0 rings (SSSR count). The molecule has 0 radical (unpaired) electrons. The van der Waals surface area contributed by atoms with Crippen LogP contribution in [0.25, 0.3) is 0 Å². The zero-order chi connectivity index (χ0) is 10.3. The Morgan fingerprint density at radius 3 is 2.69 bits per heavy atom. The molecule has 0 aliphatic heterocycles. The van der Waals surface area contributed by atoms with Crippen molar-refractivity contribution in [3.63, 3.8) is 0 Å². The number of rotatable bonds is 5. The number of nitriles is 1. The average Bonchev–Trinajstić information content (AvgIpc) is 2.05. The molecule has 0 saturated carbocycles. The minimum atomic E-state index is -0.897. The topological polar surface area (TPSA) is 70.0 Å². The van der Waals surface area contributed by atoms with Gasteiger partial charge in [-0.2, -0.15) is 5.26 Å². The molecule has 2 unspecified atom stereocenters. The molecule has 1 amide bonds. The summed E-state index contributed by atoms with van der Waals surface area (Å²) in [5.41, 5.74) is 0. The maximum Gasteiger partial charge on any atom is 0.237 e. The maximum atomic E-state index is 11.2. The lowest BCUT2D eigenvalue weighted by Crippen LogP contribution is -2.32. The molecule has 0 heterocycles. The van der Waals surface area contributed by atoms with E-state index in [1.54, 1.807) is 13.2 Å². The van der Waals surface area contributed by atoms with Gasteiger partial charge in [0.1, 0.15) is 5.92 Å². The van der Waals surface area contributed by atoms with Crippen molar-refractivity contribution in [2.45, 2.75) is 13.3 Å². The van der Waals surface area contributed by atoms with Gasteiger partial charge in [0, 0.05) is 29.4 Å². The van der Waals surface area contributed by atoms with Crippen molar-refractivity contribution in [1.82, 2.24) is 5.32 Å². The second-order valence-electron chi connectivity index (χ2n) is 2.66. The van der Waals surface area contributed by atoms with Crippen molar-refractivity contribution < 1.29 is 9.00 Å². The van der Waals surface area contributed by atoms with E-state index in [0.717, 1.165) is 0 Å². The van der Waals surface area contributed by atoms with E-state index in [2.05, 4.69) is 5.32 Å². The van der Waals surface area contributed by atoms with E-state index < -0.39 is 16.7 Å². The predicted molar refractivity (Wildman–Crippen MR) is 51.3 cm³/mol. The summed E-state index contributed by atoms with van der Waals surface area (Å²) in [5, 5.41) is 11.1. The molecule has 0 aromatic heterocycles. The third kappa shape index (κ3) is 5.36. The van der Waals surface area contributed by atoms with Gasteiger partial charge in [-0.3, -0.25) is 9.00 Å². The van der Waals surface area contributed by atoms with E-state index >= 15 is 0 Å². The van der Waals surface area contributed by atoms with Gasteiger partial charge in [-0.25, -0.2) is 0 Å². The van der Waals surface area contributed by atoms with Gasteiger partial charge >= 0.3 is 0 Å². The van der Waals surface area contributed by atoms with E-state index in [0.29, 0.717) is 18.7 Å². The van der Waals surface area contributed by atoms with Gasteiger partial charge in [0.05, 0.1) is 6.07 Å². The zero-order valence-corrected chi connectivity index (χ0v) is 8.69. The second-order valence-corrected chi connectivity index (χ2v) is 4.21. The Kier molecular flexibility index (Phi) is 6.15. The SMILES string of the molecule is CCC(C#N)C(=O)NCCS(C)=O. The molecule has 13 heavy (non-hydrogen) atoms. The van der Waals surface area contributed by atoms with Crippen molar-refractivity contribution >= 4 is 16.7 Å². The monoisotopic (exact) mass is 202 g/mol. The van der Waals surface area contributed by atoms with Crippen molar-refractivity contribution in [3.8, 4) is 6.07 Å². The van der Waals surface area contributed by atoms with Crippen LogP contribution < -0.4 is 5.32 Å². The molecule has 0 aliphatic carbocycles. The number of hydrogen-bond donors (Lipinski definition) is 1. The van der Waals surface area contributed by atoms with Crippen LogP contribution in [-0.4, -0.2) is 28.7 Å². The summed E-state index contributed by atoms with van der Waals surface area (Å²) < 4.78 is 10.6. The molecule has 0 aliphatic rings. The van der Waals surface area contributed by atoms with Gasteiger partial charge in [0.15, 0.2) is 0 Å². The molecule has 2 atom stereocenters. The Morgan fingerprint density at radius 2 is 2.31 bits per heavy atom. The maximum absolute atomic E-state index is 11.2. The van der Waals surface area contributed by atoms with Gasteiger partial charge in [0.2, 0.25) is 5.91 Å². The van der Waals surface area contributed by atoms with Crippen LogP contribution in [0, 0.1) is 17.2 Å². The van der Waals surface area contributed by atoms with Crippen LogP contribution in [0.4, 0.5) is 0 Å². The summed E-state index contributed by atoms with van der Waals surface area (Å²) in [6, 6.07) is 1.90. The van der Waals surface area contributed by atoms with Crippen LogP contribution in [0.5, 0.6) is 0 Å². The van der Waals surface area contributed by atoms with Crippen LogP contribution in [0.1, 0.15) is 13.3 Å². The molecule has 74 valence electrons. The Balaban J connectivity index is 3.75. The molecule has 0 spiro atoms. The Hall–Kier alpha value is -0.890. The van der Waals surface area contributed by atoms with Crippen LogP contribution >= 0.6 is 0 Å². The first-order valence-corrected chi connectivity index (χ1v) is 5.81. The summed E-state index contributed by atoms with van der Waals surface area (Å²) in [7, 11) is -0.897. The standard InChI is InChI=1S/C8H14N2O2S/c1-3-7(6-9)8(11)10-4-5-13(2)12/h7H,3-5H2,1-2H3,(H,10,11). The van der Waals surface area contributed by atoms with E-state index in [9.17, 15) is 9.00 Å². The molecule has 0 aromatic carbocycles. The molecule has 0 saturated heterocycles. The highest BCUT2D eigenvalue weighted by atomic mass is 32.2. The van der Waals surface area contributed by atoms with Crippen molar-refractivity contribution in [2.75, 3.05) is 18.6 Å². The average molecular weight is 202 g/mol. The Labute approximate surface area is 80.8 Å². The summed E-state index contributed by atoms with van der Waals surface area (Å²) >= 11 is 0. The minimum absolute atomic E-state index is 0.268. The van der Waals surface area contributed by atoms with E-state index in [-0.39, 0.29) is 5.91 Å². The Bertz CT molecular complexity index is 235. The highest BCUT2D eigenvalue weighted by Crippen LogP contribution is 1.99. The van der Waals surface area contributed by atoms with Crippen LogP contribution in [0.15, 0.2) is 0 Å². The highest BCUT2D eigenvalue weighted by Gasteiger charge is 2.14. The summed E-state index contributed by atoms with van der Waals surface area (Å²) in [6.45, 7) is 2.16. The molecule has 0 bridgehead atoms. The molecule has 5 heteroatoms. The summed E-state index contributed by atoms with van der Waals surface area (Å²) in [6.07, 6.45) is 2.09. The zero-order valence-electron chi connectivity index (χ0n) is 7.87. The van der Waals surface area contributed by atoms with Crippen LogP contribution in [-0.2, 0) is 15.6 Å². The molecule has 4 nitrogen and oxygen atoms in total. The Morgan fingerprint density at radius 1 is 1.69 bits per heavy atom. The number of nitrogens with zero attached hydrogens (tertiary/aromatic N) is 1. The number of amides is 1. The lowest BCUT2D eigenvalue weighted by Gasteiger charge is -2.06. The van der Waals surface area contributed by atoms with Gasteiger partial charge in [-0.15, -0.1) is 0 Å². The fourth-order valence-corrected chi connectivity index (χ4v) is 1.17. The minimum Gasteiger partial charge on any atom is -0.354 e. The molecule has 1 N–H and O–H groups in total. The molecular formula is C8H14N2O2S. The molecular weight excluding hydrogens is 188 g/mol. The highest BCUT2D eigenvalue weighted by molar-refractivity contribution is 7.84. The first kappa shape index (κ1) is 12.1. The number of hydrogen-bond acceptors (Lipinski definition) is 3. The third-order valence-corrected chi connectivity index (χ3v) is 2.35. The first-order valence-electron chi connectivity index (χ1n) is 4.09. The third-order valence-electron chi connectivity index (χ3n) is 1.57. The number of carbonyl (C=O) groups excluding carboxylic acids is 1. The van der Waals surface area contributed by atoms with Crippen molar-refractivity contribution in [3.05, 3.63) is 0 Å². The van der Waals surface area contributed by atoms with Gasteiger partial charge in [-0.05, 0) is 6.42 Å². The van der Waals surface area contributed by atoms with Gasteiger partial charge in [0.25, 0.3) is 0 Å². The first-order chi connectivity index (χ1) is 6.11. The van der Waals surface area contributed by atoms with Crippen molar-refractivity contribution in [2.24, 2.45) is 5.92 Å². The summed E-state index contributed by atoms with van der Waals surface area (Å²) in [4.78, 5) is 11.2. The molecule has 0 aromatic rings. The number of carbonyl (C=O) groups is 1. The van der Waals surface area contributed by atoms with E-state index in [4.69, 9.17) is 5.26 Å². The fraction of sp³-hybridized carbons (Fsp3) is 0.750. The van der Waals surface area contributed by atoms with Crippen LogP contribution in [0.3, 0.4) is 0 Å². The van der Waals surface area contributed by atoms with E-state index in [1.165, 1.54) is 0 Å². The van der Waals surface area contributed by atoms with Crippen molar-refractivity contribution in [1.29, 1.82) is 5.26 Å². The lowest BCUT2D eigenvalue weighted by atomic mass is 10.1. The van der Waals surface area contributed by atoms with E-state index in [1.807, 2.05) is 6.07 Å². The summed E-state index contributed by atoms with van der Waals surface area (Å²) in [5.74, 6) is -0.408. The van der Waals surface area contributed by atoms with Gasteiger partial charge in [-0.1, -0.05) is 6.92 Å². The van der Waals surface area contributed by atoms with Gasteiger partial charge < -0.3 is 5.32 Å². The predicted octanol–water partition coefficient (Wildman–Crippen LogP) is 0.0309. The van der Waals surface area contributed by atoms with Crippen LogP contribution in [0.2, 0.25) is 0 Å². The quantitative estimate of drug-likeness (QED) is 0.684. The second kappa shape index (κ2) is 6.61. The lowest BCUT2D eigenvalue weighted by molar-refractivity contribution is -0.123. The normalized spacial score (nSPS) is 14.2. The molecule has 0 fully saturated rings. The fourth-order valence-electron chi connectivity index (χ4n) is 0.776. The smallest absolute Gasteiger partial charge is 0.237 e.